The van der Waals surface area contributed by atoms with Crippen molar-refractivity contribution in [1.82, 2.24) is 9.97 Å². The summed E-state index contributed by atoms with van der Waals surface area (Å²) in [6.45, 7) is 2.14. The minimum Gasteiger partial charge on any atom is -0.394 e. The fraction of sp³-hybridized carbons (Fsp3) is 0.692. The van der Waals surface area contributed by atoms with E-state index in [1.54, 1.807) is 13.2 Å². The van der Waals surface area contributed by atoms with E-state index in [-0.39, 0.29) is 12.1 Å². The van der Waals surface area contributed by atoms with Gasteiger partial charge in [0.05, 0.1) is 12.1 Å². The van der Waals surface area contributed by atoms with Crippen molar-refractivity contribution >= 4 is 11.8 Å². The Morgan fingerprint density at radius 2 is 2.06 bits per heavy atom. The molecule has 0 aromatic carbocycles. The summed E-state index contributed by atoms with van der Waals surface area (Å²) >= 11 is 0. The first-order valence-electron chi connectivity index (χ1n) is 6.59. The number of rotatable bonds is 4. The van der Waals surface area contributed by atoms with E-state index in [1.165, 1.54) is 6.42 Å². The number of nitrogens with one attached hydrogen (secondary N) is 2. The van der Waals surface area contributed by atoms with Crippen LogP contribution in [0.2, 0.25) is 0 Å². The van der Waals surface area contributed by atoms with Crippen LogP contribution in [0, 0.1) is 6.92 Å². The zero-order chi connectivity index (χ0) is 13.0. The van der Waals surface area contributed by atoms with Crippen molar-refractivity contribution in [3.63, 3.8) is 0 Å². The molecule has 5 nitrogen and oxygen atoms in total. The summed E-state index contributed by atoms with van der Waals surface area (Å²) in [4.78, 5) is 8.61. The predicted molar refractivity (Wildman–Crippen MR) is 72.8 cm³/mol. The van der Waals surface area contributed by atoms with Crippen LogP contribution in [0.15, 0.2) is 6.20 Å². The van der Waals surface area contributed by atoms with Crippen LogP contribution in [0.25, 0.3) is 0 Å². The van der Waals surface area contributed by atoms with Gasteiger partial charge in [0.25, 0.3) is 0 Å². The van der Waals surface area contributed by atoms with Crippen molar-refractivity contribution in [1.29, 1.82) is 0 Å². The molecule has 1 aromatic heterocycles. The van der Waals surface area contributed by atoms with E-state index in [4.69, 9.17) is 0 Å². The molecule has 0 amide bonds. The molecule has 0 aliphatic heterocycles. The summed E-state index contributed by atoms with van der Waals surface area (Å²) in [6.07, 6.45) is 7.39. The number of nitrogens with zero attached hydrogens (tertiary/aromatic N) is 2. The summed E-state index contributed by atoms with van der Waals surface area (Å²) in [5.74, 6) is 1.43. The lowest BCUT2D eigenvalue weighted by Crippen LogP contribution is -2.44. The van der Waals surface area contributed by atoms with Crippen LogP contribution in [0.3, 0.4) is 0 Å². The molecule has 3 N–H and O–H groups in total. The minimum atomic E-state index is -0.206. The Balaban J connectivity index is 2.20. The highest BCUT2D eigenvalue weighted by Gasteiger charge is 2.31. The van der Waals surface area contributed by atoms with E-state index in [2.05, 4.69) is 20.6 Å². The molecule has 2 rings (SSSR count). The molecule has 1 aromatic rings. The second-order valence-electron chi connectivity index (χ2n) is 5.10. The molecule has 0 saturated heterocycles. The highest BCUT2D eigenvalue weighted by molar-refractivity contribution is 5.48. The molecular formula is C13H22N4O. The van der Waals surface area contributed by atoms with Gasteiger partial charge in [-0.15, -0.1) is 0 Å². The van der Waals surface area contributed by atoms with Crippen LogP contribution in [0.1, 0.15) is 37.7 Å². The molecular weight excluding hydrogens is 228 g/mol. The standard InChI is InChI=1S/C13H22N4O/c1-10-8-15-12(14-2)16-11(10)17-13(9-18)6-4-3-5-7-13/h8,18H,3-7,9H2,1-2H3,(H2,14,15,16,17). The summed E-state index contributed by atoms with van der Waals surface area (Å²) in [5.41, 5.74) is 0.801. The number of aliphatic hydroxyl groups is 1. The molecule has 100 valence electrons. The largest absolute Gasteiger partial charge is 0.394 e. The van der Waals surface area contributed by atoms with Gasteiger partial charge in [0.2, 0.25) is 5.95 Å². The molecule has 0 radical (unpaired) electrons. The third kappa shape index (κ3) is 2.72. The van der Waals surface area contributed by atoms with Crippen LogP contribution >= 0.6 is 0 Å². The first-order valence-corrected chi connectivity index (χ1v) is 6.59. The van der Waals surface area contributed by atoms with Gasteiger partial charge in [-0.1, -0.05) is 19.3 Å². The molecule has 0 bridgehead atoms. The van der Waals surface area contributed by atoms with Crippen molar-refractivity contribution in [2.75, 3.05) is 24.3 Å². The van der Waals surface area contributed by atoms with Crippen molar-refractivity contribution in [3.8, 4) is 0 Å². The van der Waals surface area contributed by atoms with Crippen LogP contribution in [-0.2, 0) is 0 Å². The van der Waals surface area contributed by atoms with E-state index >= 15 is 0 Å². The number of aromatic nitrogens is 2. The SMILES string of the molecule is CNc1ncc(C)c(NC2(CO)CCCCC2)n1. The van der Waals surface area contributed by atoms with Gasteiger partial charge < -0.3 is 15.7 Å². The zero-order valence-electron chi connectivity index (χ0n) is 11.2. The third-order valence-electron chi connectivity index (χ3n) is 3.69. The molecule has 1 saturated carbocycles. The van der Waals surface area contributed by atoms with E-state index in [0.717, 1.165) is 37.1 Å². The normalized spacial score (nSPS) is 18.4. The monoisotopic (exact) mass is 250 g/mol. The Bertz CT molecular complexity index is 402. The fourth-order valence-electron chi connectivity index (χ4n) is 2.49. The van der Waals surface area contributed by atoms with E-state index in [0.29, 0.717) is 5.95 Å². The van der Waals surface area contributed by atoms with Crippen molar-refractivity contribution in [3.05, 3.63) is 11.8 Å². The lowest BCUT2D eigenvalue weighted by Gasteiger charge is -2.37. The highest BCUT2D eigenvalue weighted by Crippen LogP contribution is 2.31. The molecule has 1 aliphatic carbocycles. The maximum absolute atomic E-state index is 9.70. The molecule has 0 atom stereocenters. The predicted octanol–water partition coefficient (Wildman–Crippen LogP) is 1.93. The smallest absolute Gasteiger partial charge is 0.224 e. The summed E-state index contributed by atoms with van der Waals surface area (Å²) in [5, 5.41) is 16.1. The number of hydrogen-bond acceptors (Lipinski definition) is 5. The number of aryl methyl sites for hydroxylation is 1. The van der Waals surface area contributed by atoms with E-state index in [1.807, 2.05) is 6.92 Å². The average molecular weight is 250 g/mol. The van der Waals surface area contributed by atoms with Crippen LogP contribution in [0.4, 0.5) is 11.8 Å². The third-order valence-corrected chi connectivity index (χ3v) is 3.69. The molecule has 5 heteroatoms. The lowest BCUT2D eigenvalue weighted by atomic mass is 9.82. The van der Waals surface area contributed by atoms with Crippen molar-refractivity contribution in [2.45, 2.75) is 44.6 Å². The first kappa shape index (κ1) is 13.1. The Hall–Kier alpha value is -1.36. The summed E-state index contributed by atoms with van der Waals surface area (Å²) in [6, 6.07) is 0. The zero-order valence-corrected chi connectivity index (χ0v) is 11.2. The van der Waals surface area contributed by atoms with Crippen LogP contribution in [0.5, 0.6) is 0 Å². The van der Waals surface area contributed by atoms with Gasteiger partial charge in [-0.2, -0.15) is 4.98 Å². The topological polar surface area (TPSA) is 70.1 Å². The molecule has 1 heterocycles. The Morgan fingerprint density at radius 1 is 1.33 bits per heavy atom. The van der Waals surface area contributed by atoms with E-state index in [9.17, 15) is 5.11 Å². The van der Waals surface area contributed by atoms with Crippen LogP contribution in [-0.4, -0.2) is 34.3 Å². The number of anilines is 2. The lowest BCUT2D eigenvalue weighted by molar-refractivity contribution is 0.172. The maximum Gasteiger partial charge on any atom is 0.224 e. The Kier molecular flexibility index (Phi) is 4.01. The van der Waals surface area contributed by atoms with Gasteiger partial charge in [-0.25, -0.2) is 4.98 Å². The highest BCUT2D eigenvalue weighted by atomic mass is 16.3. The minimum absolute atomic E-state index is 0.158. The van der Waals surface area contributed by atoms with Crippen LogP contribution < -0.4 is 10.6 Å². The molecule has 18 heavy (non-hydrogen) atoms. The summed E-state index contributed by atoms with van der Waals surface area (Å²) in [7, 11) is 1.80. The number of aliphatic hydroxyl groups excluding tert-OH is 1. The van der Waals surface area contributed by atoms with Gasteiger partial charge in [0.15, 0.2) is 0 Å². The first-order chi connectivity index (χ1) is 8.69. The molecule has 0 spiro atoms. The molecule has 1 aliphatic rings. The van der Waals surface area contributed by atoms with E-state index < -0.39 is 0 Å². The maximum atomic E-state index is 9.70. The second-order valence-corrected chi connectivity index (χ2v) is 5.10. The average Bonchev–Trinajstić information content (AvgIpc) is 2.42. The van der Waals surface area contributed by atoms with Gasteiger partial charge in [0.1, 0.15) is 5.82 Å². The van der Waals surface area contributed by atoms with Gasteiger partial charge in [-0.3, -0.25) is 0 Å². The van der Waals surface area contributed by atoms with Gasteiger partial charge in [-0.05, 0) is 19.8 Å². The quantitative estimate of drug-likeness (QED) is 0.761. The van der Waals surface area contributed by atoms with Gasteiger partial charge in [0, 0.05) is 18.8 Å². The van der Waals surface area contributed by atoms with Crippen molar-refractivity contribution in [2.24, 2.45) is 0 Å². The molecule has 1 fully saturated rings. The Labute approximate surface area is 108 Å². The van der Waals surface area contributed by atoms with Gasteiger partial charge >= 0.3 is 0 Å². The fourth-order valence-corrected chi connectivity index (χ4v) is 2.49. The number of hydrogen-bond donors (Lipinski definition) is 3. The Morgan fingerprint density at radius 3 is 2.67 bits per heavy atom. The van der Waals surface area contributed by atoms with Crippen molar-refractivity contribution < 1.29 is 5.11 Å². The second kappa shape index (κ2) is 5.52. The summed E-state index contributed by atoms with van der Waals surface area (Å²) < 4.78 is 0. The molecule has 0 unspecified atom stereocenters.